The van der Waals surface area contributed by atoms with E-state index in [4.69, 9.17) is 0 Å². The minimum Gasteiger partial charge on any atom is -0.338 e. The van der Waals surface area contributed by atoms with Crippen molar-refractivity contribution < 1.29 is 9.18 Å². The van der Waals surface area contributed by atoms with Gasteiger partial charge in [0.15, 0.2) is 0 Å². The molecule has 142 valence electrons. The Labute approximate surface area is 155 Å². The lowest BCUT2D eigenvalue weighted by atomic mass is 9.84. The van der Waals surface area contributed by atoms with Crippen molar-refractivity contribution in [1.82, 2.24) is 20.4 Å². The van der Waals surface area contributed by atoms with E-state index in [1.807, 2.05) is 44.5 Å². The van der Waals surface area contributed by atoms with E-state index in [9.17, 15) is 9.18 Å². The smallest absolute Gasteiger partial charge is 0.314 e. The quantitative estimate of drug-likeness (QED) is 0.793. The molecule has 1 unspecified atom stereocenters. The third-order valence-corrected chi connectivity index (χ3v) is 4.50. The molecule has 26 heavy (non-hydrogen) atoms. The summed E-state index contributed by atoms with van der Waals surface area (Å²) in [6.45, 7) is 11.8. The van der Waals surface area contributed by atoms with Crippen LogP contribution in [0.15, 0.2) is 30.3 Å². The second kappa shape index (κ2) is 8.34. The highest BCUT2D eigenvalue weighted by Gasteiger charge is 2.22. The molecule has 0 saturated heterocycles. The van der Waals surface area contributed by atoms with Crippen LogP contribution in [0.2, 0.25) is 0 Å². The van der Waals surface area contributed by atoms with Gasteiger partial charge >= 0.3 is 6.03 Å². The minimum absolute atomic E-state index is 0.213. The van der Waals surface area contributed by atoms with Crippen molar-refractivity contribution in [1.29, 1.82) is 0 Å². The average molecular weight is 360 g/mol. The van der Waals surface area contributed by atoms with Crippen LogP contribution < -0.4 is 10.6 Å². The number of aromatic nitrogens is 2. The lowest BCUT2D eigenvalue weighted by Gasteiger charge is -2.26. The Morgan fingerprint density at radius 3 is 2.62 bits per heavy atom. The Morgan fingerprint density at radius 2 is 2.00 bits per heavy atom. The first kappa shape index (κ1) is 19.9. The van der Waals surface area contributed by atoms with Crippen molar-refractivity contribution in [3.8, 4) is 0 Å². The molecule has 5 nitrogen and oxygen atoms in total. The predicted octanol–water partition coefficient (Wildman–Crippen LogP) is 3.55. The van der Waals surface area contributed by atoms with E-state index in [1.54, 1.807) is 6.07 Å². The van der Waals surface area contributed by atoms with Crippen LogP contribution in [0, 0.1) is 25.6 Å². The average Bonchev–Trinajstić information content (AvgIpc) is 2.88. The number of carbonyl (C=O) groups excluding carboxylic acids is 1. The van der Waals surface area contributed by atoms with Gasteiger partial charge in [-0.25, -0.2) is 9.18 Å². The van der Waals surface area contributed by atoms with Crippen molar-refractivity contribution in [2.45, 2.75) is 46.6 Å². The standard InChI is InChI=1S/C20H29FN4O/c1-14(12-25-16(3)9-15(2)24-25)11-22-19(26)23-13-20(4,5)17-7-6-8-18(21)10-17/h6-10,14H,11-13H2,1-5H3,(H2,22,23,26). The van der Waals surface area contributed by atoms with Crippen LogP contribution >= 0.6 is 0 Å². The molecule has 2 N–H and O–H groups in total. The maximum atomic E-state index is 13.4. The highest BCUT2D eigenvalue weighted by Crippen LogP contribution is 2.22. The largest absolute Gasteiger partial charge is 0.338 e. The number of rotatable bonds is 7. The summed E-state index contributed by atoms with van der Waals surface area (Å²) >= 11 is 0. The molecule has 0 spiro atoms. The summed E-state index contributed by atoms with van der Waals surface area (Å²) in [5.41, 5.74) is 2.63. The maximum absolute atomic E-state index is 13.4. The van der Waals surface area contributed by atoms with Gasteiger partial charge < -0.3 is 10.6 Å². The fourth-order valence-electron chi connectivity index (χ4n) is 2.86. The lowest BCUT2D eigenvalue weighted by Crippen LogP contribution is -2.43. The molecule has 0 aliphatic carbocycles. The molecule has 0 bridgehead atoms. The number of benzene rings is 1. The summed E-state index contributed by atoms with van der Waals surface area (Å²) in [6.07, 6.45) is 0. The summed E-state index contributed by atoms with van der Waals surface area (Å²) in [6, 6.07) is 8.32. The van der Waals surface area contributed by atoms with Gasteiger partial charge in [0.25, 0.3) is 0 Å². The van der Waals surface area contributed by atoms with E-state index in [2.05, 4.69) is 22.7 Å². The van der Waals surface area contributed by atoms with Crippen LogP contribution in [-0.4, -0.2) is 28.9 Å². The number of hydrogen-bond donors (Lipinski definition) is 2. The SMILES string of the molecule is Cc1cc(C)n(CC(C)CNC(=O)NCC(C)(C)c2cccc(F)c2)n1. The van der Waals surface area contributed by atoms with E-state index in [-0.39, 0.29) is 23.2 Å². The molecule has 0 saturated carbocycles. The van der Waals surface area contributed by atoms with Crippen LogP contribution in [0.1, 0.15) is 37.7 Å². The van der Waals surface area contributed by atoms with E-state index in [0.717, 1.165) is 23.5 Å². The predicted molar refractivity (Wildman–Crippen MR) is 102 cm³/mol. The first-order valence-corrected chi connectivity index (χ1v) is 8.96. The van der Waals surface area contributed by atoms with E-state index in [1.165, 1.54) is 12.1 Å². The summed E-state index contributed by atoms with van der Waals surface area (Å²) in [5, 5.41) is 10.2. The highest BCUT2D eigenvalue weighted by molar-refractivity contribution is 5.73. The zero-order valence-electron chi connectivity index (χ0n) is 16.3. The topological polar surface area (TPSA) is 59.0 Å². The van der Waals surface area contributed by atoms with Crippen LogP contribution in [-0.2, 0) is 12.0 Å². The number of nitrogens with one attached hydrogen (secondary N) is 2. The Hall–Kier alpha value is -2.37. The molecule has 0 fully saturated rings. The Morgan fingerprint density at radius 1 is 1.27 bits per heavy atom. The summed E-state index contributed by atoms with van der Waals surface area (Å²) < 4.78 is 15.4. The van der Waals surface area contributed by atoms with Gasteiger partial charge in [0.2, 0.25) is 0 Å². The second-order valence-corrected chi connectivity index (χ2v) is 7.67. The molecule has 1 aromatic carbocycles. The molecule has 1 heterocycles. The summed E-state index contributed by atoms with van der Waals surface area (Å²) in [4.78, 5) is 12.1. The molecule has 2 aromatic rings. The molecule has 2 rings (SSSR count). The van der Waals surface area contributed by atoms with Crippen molar-refractivity contribution in [2.24, 2.45) is 5.92 Å². The third-order valence-electron chi connectivity index (χ3n) is 4.50. The highest BCUT2D eigenvalue weighted by atomic mass is 19.1. The van der Waals surface area contributed by atoms with Gasteiger partial charge in [-0.3, -0.25) is 4.68 Å². The van der Waals surface area contributed by atoms with Crippen LogP contribution in [0.4, 0.5) is 9.18 Å². The molecule has 1 aromatic heterocycles. The fraction of sp³-hybridized carbons (Fsp3) is 0.500. The third kappa shape index (κ3) is 5.58. The van der Waals surface area contributed by atoms with Gasteiger partial charge in [0.05, 0.1) is 5.69 Å². The zero-order chi connectivity index (χ0) is 19.3. The number of hydrogen-bond acceptors (Lipinski definition) is 2. The van der Waals surface area contributed by atoms with Crippen molar-refractivity contribution >= 4 is 6.03 Å². The number of aryl methyl sites for hydroxylation is 2. The number of nitrogens with zero attached hydrogens (tertiary/aromatic N) is 2. The Bertz CT molecular complexity index is 754. The molecular formula is C20H29FN4O. The van der Waals surface area contributed by atoms with Crippen molar-refractivity contribution in [3.63, 3.8) is 0 Å². The number of amides is 2. The molecule has 0 aliphatic heterocycles. The number of urea groups is 1. The van der Waals surface area contributed by atoms with Crippen LogP contribution in [0.3, 0.4) is 0 Å². The zero-order valence-corrected chi connectivity index (χ0v) is 16.3. The molecule has 0 aliphatic rings. The molecule has 1 atom stereocenters. The summed E-state index contributed by atoms with van der Waals surface area (Å²) in [7, 11) is 0. The maximum Gasteiger partial charge on any atom is 0.314 e. The molecule has 6 heteroatoms. The monoisotopic (exact) mass is 360 g/mol. The van der Waals surface area contributed by atoms with Gasteiger partial charge in [-0.05, 0) is 43.5 Å². The Kier molecular flexibility index (Phi) is 6.40. The fourth-order valence-corrected chi connectivity index (χ4v) is 2.86. The first-order valence-electron chi connectivity index (χ1n) is 8.96. The number of carbonyl (C=O) groups is 1. The van der Waals surface area contributed by atoms with Gasteiger partial charge in [-0.2, -0.15) is 5.10 Å². The van der Waals surface area contributed by atoms with Gasteiger partial charge in [0, 0.05) is 30.7 Å². The molecule has 2 amide bonds. The van der Waals surface area contributed by atoms with E-state index < -0.39 is 0 Å². The van der Waals surface area contributed by atoms with Crippen LogP contribution in [0.25, 0.3) is 0 Å². The molecule has 0 radical (unpaired) electrons. The van der Waals surface area contributed by atoms with Crippen LogP contribution in [0.5, 0.6) is 0 Å². The van der Waals surface area contributed by atoms with Gasteiger partial charge in [-0.1, -0.05) is 32.9 Å². The normalized spacial score (nSPS) is 12.7. The van der Waals surface area contributed by atoms with Gasteiger partial charge in [-0.15, -0.1) is 0 Å². The van der Waals surface area contributed by atoms with E-state index >= 15 is 0 Å². The van der Waals surface area contributed by atoms with Crippen molar-refractivity contribution in [2.75, 3.05) is 13.1 Å². The van der Waals surface area contributed by atoms with Crippen molar-refractivity contribution in [3.05, 3.63) is 53.1 Å². The van der Waals surface area contributed by atoms with Gasteiger partial charge in [0.1, 0.15) is 5.82 Å². The summed E-state index contributed by atoms with van der Waals surface area (Å²) in [5.74, 6) is -0.00650. The second-order valence-electron chi connectivity index (χ2n) is 7.67. The molecular weight excluding hydrogens is 331 g/mol. The minimum atomic E-state index is -0.352. The van der Waals surface area contributed by atoms with E-state index in [0.29, 0.717) is 13.1 Å². The number of halogens is 1. The first-order chi connectivity index (χ1) is 12.2. The Balaban J connectivity index is 1.78. The lowest BCUT2D eigenvalue weighted by molar-refractivity contribution is 0.236.